The van der Waals surface area contributed by atoms with Gasteiger partial charge in [0, 0.05) is 23.7 Å². The maximum atomic E-state index is 13.6. The predicted molar refractivity (Wildman–Crippen MR) is 79.3 cm³/mol. The van der Waals surface area contributed by atoms with Gasteiger partial charge in [0.15, 0.2) is 9.84 Å². The van der Waals surface area contributed by atoms with Gasteiger partial charge in [-0.25, -0.2) is 12.8 Å². The van der Waals surface area contributed by atoms with E-state index in [0.717, 1.165) is 25.3 Å². The van der Waals surface area contributed by atoms with Crippen LogP contribution in [0.1, 0.15) is 24.8 Å². The molecule has 21 heavy (non-hydrogen) atoms. The maximum Gasteiger partial charge on any atom is 0.237 e. The highest BCUT2D eigenvalue weighted by molar-refractivity contribution is 7.91. The van der Waals surface area contributed by atoms with Crippen LogP contribution < -0.4 is 0 Å². The molecular weight excluding hydrogens is 317 g/mol. The molecule has 1 aliphatic heterocycles. The van der Waals surface area contributed by atoms with E-state index in [4.69, 9.17) is 11.6 Å². The number of benzene rings is 1. The summed E-state index contributed by atoms with van der Waals surface area (Å²) >= 11 is 5.82. The molecule has 0 bridgehead atoms. The third kappa shape index (κ3) is 4.41. The second-order valence-electron chi connectivity index (χ2n) is 5.17. The van der Waals surface area contributed by atoms with E-state index in [2.05, 4.69) is 0 Å². The van der Waals surface area contributed by atoms with Crippen LogP contribution in [0.4, 0.5) is 4.39 Å². The van der Waals surface area contributed by atoms with Gasteiger partial charge in [0.1, 0.15) is 11.6 Å². The van der Waals surface area contributed by atoms with Crippen molar-refractivity contribution in [1.82, 2.24) is 4.90 Å². The Morgan fingerprint density at radius 3 is 2.52 bits per heavy atom. The third-order valence-corrected chi connectivity index (χ3v) is 5.25. The molecule has 116 valence electrons. The van der Waals surface area contributed by atoms with E-state index in [0.29, 0.717) is 13.1 Å². The minimum absolute atomic E-state index is 0.0593. The first-order valence-electron chi connectivity index (χ1n) is 6.80. The summed E-state index contributed by atoms with van der Waals surface area (Å²) in [6.45, 7) is 1.18. The lowest BCUT2D eigenvalue weighted by Crippen LogP contribution is -2.39. The summed E-state index contributed by atoms with van der Waals surface area (Å²) in [5.41, 5.74) is -0.0781. The fourth-order valence-corrected chi connectivity index (χ4v) is 4.07. The van der Waals surface area contributed by atoms with E-state index < -0.39 is 33.1 Å². The third-order valence-electron chi connectivity index (χ3n) is 3.48. The number of carbonyl (C=O) groups excluding carboxylic acids is 1. The Hall–Kier alpha value is -1.14. The number of nitrogens with zero attached hydrogens (tertiary/aromatic N) is 1. The molecule has 1 aromatic rings. The van der Waals surface area contributed by atoms with Gasteiger partial charge < -0.3 is 4.90 Å². The number of amides is 1. The summed E-state index contributed by atoms with van der Waals surface area (Å²) in [6, 6.07) is 4.00. The molecule has 1 heterocycles. The lowest BCUT2D eigenvalue weighted by molar-refractivity contribution is -0.129. The topological polar surface area (TPSA) is 54.5 Å². The molecule has 0 saturated carbocycles. The zero-order chi connectivity index (χ0) is 15.5. The Labute approximate surface area is 128 Å². The van der Waals surface area contributed by atoms with E-state index in [1.165, 1.54) is 12.1 Å². The number of carbonyl (C=O) groups is 1. The molecule has 0 atom stereocenters. The van der Waals surface area contributed by atoms with Crippen LogP contribution in [0.2, 0.25) is 5.02 Å². The Kier molecular flexibility index (Phi) is 5.22. The maximum absolute atomic E-state index is 13.6. The molecule has 0 spiro atoms. The van der Waals surface area contributed by atoms with Gasteiger partial charge in [-0.05, 0) is 31.4 Å². The summed E-state index contributed by atoms with van der Waals surface area (Å²) in [5, 5.41) is 0.0593. The van der Waals surface area contributed by atoms with Crippen molar-refractivity contribution in [3.63, 3.8) is 0 Å². The standard InChI is InChI=1S/C14H17ClFNO3S/c15-12-5-4-6-13(16)11(12)9-21(19,20)10-14(18)17-7-2-1-3-8-17/h4-6H,1-3,7-10H2. The number of hydrogen-bond acceptors (Lipinski definition) is 3. The lowest BCUT2D eigenvalue weighted by Gasteiger charge is -2.26. The highest BCUT2D eigenvalue weighted by Gasteiger charge is 2.25. The molecular formula is C14H17ClFNO3S. The number of halogens is 2. The monoisotopic (exact) mass is 333 g/mol. The van der Waals surface area contributed by atoms with Gasteiger partial charge in [-0.3, -0.25) is 4.79 Å². The number of rotatable bonds is 4. The Morgan fingerprint density at radius 2 is 1.90 bits per heavy atom. The van der Waals surface area contributed by atoms with Crippen LogP contribution in [0.15, 0.2) is 18.2 Å². The Morgan fingerprint density at radius 1 is 1.24 bits per heavy atom. The minimum Gasteiger partial charge on any atom is -0.342 e. The van der Waals surface area contributed by atoms with Gasteiger partial charge in [0.2, 0.25) is 5.91 Å². The number of likely N-dealkylation sites (tertiary alicyclic amines) is 1. The highest BCUT2D eigenvalue weighted by atomic mass is 35.5. The van der Waals surface area contributed by atoms with Crippen molar-refractivity contribution in [1.29, 1.82) is 0 Å². The summed E-state index contributed by atoms with van der Waals surface area (Å²) in [5.74, 6) is -2.24. The molecule has 0 aliphatic carbocycles. The first-order valence-corrected chi connectivity index (χ1v) is 9.00. The summed E-state index contributed by atoms with van der Waals surface area (Å²) in [4.78, 5) is 13.6. The highest BCUT2D eigenvalue weighted by Crippen LogP contribution is 2.22. The van der Waals surface area contributed by atoms with E-state index >= 15 is 0 Å². The predicted octanol–water partition coefficient (Wildman–Crippen LogP) is 2.41. The smallest absolute Gasteiger partial charge is 0.237 e. The first kappa shape index (κ1) is 16.2. The fourth-order valence-electron chi connectivity index (χ4n) is 2.36. The molecule has 2 rings (SSSR count). The average molecular weight is 334 g/mol. The molecule has 7 heteroatoms. The zero-order valence-electron chi connectivity index (χ0n) is 11.5. The van der Waals surface area contributed by atoms with Crippen LogP contribution in [0, 0.1) is 5.82 Å². The minimum atomic E-state index is -3.74. The summed E-state index contributed by atoms with van der Waals surface area (Å²) in [6.07, 6.45) is 2.84. The van der Waals surface area contributed by atoms with Crippen LogP contribution in [-0.2, 0) is 20.4 Å². The Bertz CT molecular complexity index is 607. The second-order valence-corrected chi connectivity index (χ2v) is 7.65. The van der Waals surface area contributed by atoms with Crippen molar-refractivity contribution in [3.8, 4) is 0 Å². The SMILES string of the molecule is O=C(CS(=O)(=O)Cc1c(F)cccc1Cl)N1CCCCC1. The fraction of sp³-hybridized carbons (Fsp3) is 0.500. The van der Waals surface area contributed by atoms with Gasteiger partial charge in [0.25, 0.3) is 0 Å². The molecule has 4 nitrogen and oxygen atoms in total. The molecule has 1 amide bonds. The molecule has 1 aliphatic rings. The van der Waals surface area contributed by atoms with Crippen molar-refractivity contribution < 1.29 is 17.6 Å². The second kappa shape index (κ2) is 6.75. The van der Waals surface area contributed by atoms with Crippen molar-refractivity contribution in [2.24, 2.45) is 0 Å². The zero-order valence-corrected chi connectivity index (χ0v) is 13.1. The Balaban J connectivity index is 2.06. The van der Waals surface area contributed by atoms with Crippen LogP contribution in [-0.4, -0.2) is 38.1 Å². The van der Waals surface area contributed by atoms with Crippen molar-refractivity contribution in [2.45, 2.75) is 25.0 Å². The molecule has 0 unspecified atom stereocenters. The van der Waals surface area contributed by atoms with Gasteiger partial charge >= 0.3 is 0 Å². The largest absolute Gasteiger partial charge is 0.342 e. The van der Waals surface area contributed by atoms with E-state index in [9.17, 15) is 17.6 Å². The molecule has 1 aromatic carbocycles. The van der Waals surface area contributed by atoms with Crippen LogP contribution in [0.5, 0.6) is 0 Å². The molecule has 0 aromatic heterocycles. The number of hydrogen-bond donors (Lipinski definition) is 0. The van der Waals surface area contributed by atoms with Crippen molar-refractivity contribution in [3.05, 3.63) is 34.6 Å². The van der Waals surface area contributed by atoms with Gasteiger partial charge in [-0.2, -0.15) is 0 Å². The summed E-state index contributed by atoms with van der Waals surface area (Å²) in [7, 11) is -3.74. The van der Waals surface area contributed by atoms with Crippen molar-refractivity contribution in [2.75, 3.05) is 18.8 Å². The first-order chi connectivity index (χ1) is 9.89. The number of piperidine rings is 1. The van der Waals surface area contributed by atoms with Crippen LogP contribution in [0.25, 0.3) is 0 Å². The van der Waals surface area contributed by atoms with Gasteiger partial charge in [-0.15, -0.1) is 0 Å². The van der Waals surface area contributed by atoms with Gasteiger partial charge in [-0.1, -0.05) is 17.7 Å². The normalized spacial score (nSPS) is 16.0. The van der Waals surface area contributed by atoms with E-state index in [-0.39, 0.29) is 10.6 Å². The quantitative estimate of drug-likeness (QED) is 0.850. The van der Waals surface area contributed by atoms with Gasteiger partial charge in [0.05, 0.1) is 5.75 Å². The van der Waals surface area contributed by atoms with Crippen LogP contribution >= 0.6 is 11.6 Å². The van der Waals surface area contributed by atoms with E-state index in [1.807, 2.05) is 0 Å². The molecule has 0 N–H and O–H groups in total. The lowest BCUT2D eigenvalue weighted by atomic mass is 10.1. The summed E-state index contributed by atoms with van der Waals surface area (Å²) < 4.78 is 37.8. The molecule has 1 saturated heterocycles. The number of sulfone groups is 1. The molecule has 1 fully saturated rings. The average Bonchev–Trinajstić information content (AvgIpc) is 2.43. The van der Waals surface area contributed by atoms with Crippen LogP contribution in [0.3, 0.4) is 0 Å². The van der Waals surface area contributed by atoms with E-state index in [1.54, 1.807) is 4.90 Å². The molecule has 0 radical (unpaired) electrons. The van der Waals surface area contributed by atoms with Crippen molar-refractivity contribution >= 4 is 27.3 Å².